The highest BCUT2D eigenvalue weighted by atomic mass is 79.9. The molecule has 1 saturated carbocycles. The van der Waals surface area contributed by atoms with Gasteiger partial charge in [0.15, 0.2) is 0 Å². The number of methoxy groups -OCH3 is 1. The minimum absolute atomic E-state index is 0.295. The molecular formula is C13H12BrNO2. The summed E-state index contributed by atoms with van der Waals surface area (Å²) in [4.78, 5) is 11.6. The third-order valence-corrected chi connectivity index (χ3v) is 3.81. The van der Waals surface area contributed by atoms with E-state index in [2.05, 4.69) is 32.8 Å². The molecule has 2 aromatic rings. The van der Waals surface area contributed by atoms with Crippen LogP contribution in [-0.4, -0.2) is 17.6 Å². The van der Waals surface area contributed by atoms with Crippen molar-refractivity contribution in [1.82, 2.24) is 4.57 Å². The van der Waals surface area contributed by atoms with E-state index in [4.69, 9.17) is 4.74 Å². The normalized spacial score (nSPS) is 15.2. The van der Waals surface area contributed by atoms with Gasteiger partial charge in [0.2, 0.25) is 0 Å². The highest BCUT2D eigenvalue weighted by molar-refractivity contribution is 9.10. The molecule has 4 heteroatoms. The van der Waals surface area contributed by atoms with Crippen LogP contribution in [0, 0.1) is 0 Å². The van der Waals surface area contributed by atoms with E-state index in [9.17, 15) is 4.79 Å². The molecule has 0 N–H and O–H groups in total. The smallest absolute Gasteiger partial charge is 0.337 e. The number of esters is 1. The van der Waals surface area contributed by atoms with Gasteiger partial charge in [-0.3, -0.25) is 0 Å². The van der Waals surface area contributed by atoms with Gasteiger partial charge in [-0.05, 0) is 31.0 Å². The highest BCUT2D eigenvalue weighted by Gasteiger charge is 2.25. The van der Waals surface area contributed by atoms with E-state index in [1.807, 2.05) is 12.1 Å². The molecule has 3 rings (SSSR count). The van der Waals surface area contributed by atoms with Gasteiger partial charge in [0.05, 0.1) is 18.2 Å². The van der Waals surface area contributed by atoms with Crippen LogP contribution in [0.15, 0.2) is 28.9 Å². The van der Waals surface area contributed by atoms with Crippen LogP contribution in [0.25, 0.3) is 10.9 Å². The van der Waals surface area contributed by atoms with Crippen LogP contribution in [0.1, 0.15) is 29.2 Å². The van der Waals surface area contributed by atoms with Crippen molar-refractivity contribution in [1.29, 1.82) is 0 Å². The Balaban J connectivity index is 2.21. The summed E-state index contributed by atoms with van der Waals surface area (Å²) in [6.07, 6.45) is 4.54. The number of ether oxygens (including phenoxy) is 1. The van der Waals surface area contributed by atoms with Gasteiger partial charge in [0, 0.05) is 22.1 Å². The molecule has 0 saturated heterocycles. The lowest BCUT2D eigenvalue weighted by atomic mass is 10.1. The Kier molecular flexibility index (Phi) is 2.47. The van der Waals surface area contributed by atoms with Crippen molar-refractivity contribution >= 4 is 32.8 Å². The number of fused-ring (bicyclic) bond motifs is 1. The zero-order valence-electron chi connectivity index (χ0n) is 9.44. The van der Waals surface area contributed by atoms with Crippen LogP contribution in [0.4, 0.5) is 0 Å². The second-order valence-electron chi connectivity index (χ2n) is 4.34. The number of halogens is 1. The van der Waals surface area contributed by atoms with Crippen molar-refractivity contribution in [3.63, 3.8) is 0 Å². The van der Waals surface area contributed by atoms with E-state index in [0.29, 0.717) is 11.6 Å². The van der Waals surface area contributed by atoms with E-state index >= 15 is 0 Å². The molecule has 1 aliphatic carbocycles. The van der Waals surface area contributed by atoms with Crippen molar-refractivity contribution in [3.05, 3.63) is 34.4 Å². The fourth-order valence-electron chi connectivity index (χ4n) is 2.12. The van der Waals surface area contributed by atoms with Gasteiger partial charge in [0.1, 0.15) is 0 Å². The number of rotatable bonds is 2. The average Bonchev–Trinajstić information content (AvgIpc) is 3.08. The zero-order valence-corrected chi connectivity index (χ0v) is 11.0. The second-order valence-corrected chi connectivity index (χ2v) is 5.19. The van der Waals surface area contributed by atoms with Gasteiger partial charge < -0.3 is 9.30 Å². The molecule has 17 heavy (non-hydrogen) atoms. The standard InChI is InChI=1S/C13H12BrNO2/c1-17-13(16)8-6-11(14)10-4-5-15(9-2-3-9)12(10)7-8/h4-7,9H,2-3H2,1H3. The topological polar surface area (TPSA) is 31.2 Å². The summed E-state index contributed by atoms with van der Waals surface area (Å²) in [6, 6.07) is 6.40. The predicted octanol–water partition coefficient (Wildman–Crippen LogP) is 3.53. The molecule has 1 aliphatic rings. The Labute approximate surface area is 107 Å². The fraction of sp³-hybridized carbons (Fsp3) is 0.308. The quantitative estimate of drug-likeness (QED) is 0.793. The fourth-order valence-corrected chi connectivity index (χ4v) is 2.71. The lowest BCUT2D eigenvalue weighted by Gasteiger charge is -2.06. The Morgan fingerprint density at radius 1 is 1.47 bits per heavy atom. The number of benzene rings is 1. The van der Waals surface area contributed by atoms with Crippen molar-refractivity contribution in [3.8, 4) is 0 Å². The number of nitrogens with zero attached hydrogens (tertiary/aromatic N) is 1. The Hall–Kier alpha value is -1.29. The maximum atomic E-state index is 11.6. The minimum atomic E-state index is -0.295. The van der Waals surface area contributed by atoms with Crippen molar-refractivity contribution in [2.75, 3.05) is 7.11 Å². The first kappa shape index (κ1) is 10.8. The maximum absolute atomic E-state index is 11.6. The molecule has 1 fully saturated rings. The molecule has 1 aromatic heterocycles. The molecule has 0 unspecified atom stereocenters. The van der Waals surface area contributed by atoms with Crippen molar-refractivity contribution < 1.29 is 9.53 Å². The molecule has 0 bridgehead atoms. The first-order valence-corrected chi connectivity index (χ1v) is 6.38. The van der Waals surface area contributed by atoms with Crippen LogP contribution in [0.5, 0.6) is 0 Å². The summed E-state index contributed by atoms with van der Waals surface area (Å²) < 4.78 is 7.95. The van der Waals surface area contributed by atoms with Gasteiger partial charge in [-0.1, -0.05) is 15.9 Å². The molecule has 3 nitrogen and oxygen atoms in total. The maximum Gasteiger partial charge on any atom is 0.337 e. The first-order chi connectivity index (χ1) is 8.20. The number of aromatic nitrogens is 1. The number of hydrogen-bond donors (Lipinski definition) is 0. The Bertz CT molecular complexity index is 599. The van der Waals surface area contributed by atoms with Gasteiger partial charge >= 0.3 is 5.97 Å². The molecular weight excluding hydrogens is 282 g/mol. The highest BCUT2D eigenvalue weighted by Crippen LogP contribution is 2.39. The second kappa shape index (κ2) is 3.88. The molecule has 0 amide bonds. The Morgan fingerprint density at radius 3 is 2.88 bits per heavy atom. The summed E-state index contributed by atoms with van der Waals surface area (Å²) in [5, 5.41) is 1.14. The van der Waals surface area contributed by atoms with E-state index in [1.165, 1.54) is 20.0 Å². The monoisotopic (exact) mass is 293 g/mol. The van der Waals surface area contributed by atoms with E-state index in [-0.39, 0.29) is 5.97 Å². The van der Waals surface area contributed by atoms with Crippen molar-refractivity contribution in [2.45, 2.75) is 18.9 Å². The first-order valence-electron chi connectivity index (χ1n) is 5.59. The SMILES string of the molecule is COC(=O)c1cc(Br)c2ccn(C3CC3)c2c1. The van der Waals surface area contributed by atoms with E-state index in [1.54, 1.807) is 0 Å². The van der Waals surface area contributed by atoms with E-state index in [0.717, 1.165) is 15.4 Å². The summed E-state index contributed by atoms with van der Waals surface area (Å²) in [5.74, 6) is -0.295. The van der Waals surface area contributed by atoms with Crippen LogP contribution in [-0.2, 0) is 4.74 Å². The summed E-state index contributed by atoms with van der Waals surface area (Å²) in [5.41, 5.74) is 1.69. The average molecular weight is 294 g/mol. The molecule has 1 aromatic carbocycles. The summed E-state index contributed by atoms with van der Waals surface area (Å²) >= 11 is 3.51. The number of hydrogen-bond acceptors (Lipinski definition) is 2. The molecule has 0 aliphatic heterocycles. The van der Waals surface area contributed by atoms with Crippen molar-refractivity contribution in [2.24, 2.45) is 0 Å². The van der Waals surface area contributed by atoms with Gasteiger partial charge in [-0.25, -0.2) is 4.79 Å². The lowest BCUT2D eigenvalue weighted by molar-refractivity contribution is 0.0601. The van der Waals surface area contributed by atoms with Crippen LogP contribution in [0.2, 0.25) is 0 Å². The van der Waals surface area contributed by atoms with Gasteiger partial charge in [-0.2, -0.15) is 0 Å². The van der Waals surface area contributed by atoms with E-state index < -0.39 is 0 Å². The molecule has 0 spiro atoms. The zero-order chi connectivity index (χ0) is 12.0. The molecule has 0 radical (unpaired) electrons. The summed E-state index contributed by atoms with van der Waals surface area (Å²) in [7, 11) is 1.40. The van der Waals surface area contributed by atoms with Gasteiger partial charge in [-0.15, -0.1) is 0 Å². The largest absolute Gasteiger partial charge is 0.465 e. The summed E-state index contributed by atoms with van der Waals surface area (Å²) in [6.45, 7) is 0. The third kappa shape index (κ3) is 1.76. The van der Waals surface area contributed by atoms with Crippen LogP contribution >= 0.6 is 15.9 Å². The molecule has 0 atom stereocenters. The third-order valence-electron chi connectivity index (χ3n) is 3.15. The van der Waals surface area contributed by atoms with Crippen LogP contribution in [0.3, 0.4) is 0 Å². The molecule has 88 valence electrons. The number of carbonyl (C=O) groups is 1. The molecule has 1 heterocycles. The predicted molar refractivity (Wildman–Crippen MR) is 69.2 cm³/mol. The minimum Gasteiger partial charge on any atom is -0.465 e. The lowest BCUT2D eigenvalue weighted by Crippen LogP contribution is -2.02. The van der Waals surface area contributed by atoms with Gasteiger partial charge in [0.25, 0.3) is 0 Å². The Morgan fingerprint density at radius 2 is 2.24 bits per heavy atom. The van der Waals surface area contributed by atoms with Crippen LogP contribution < -0.4 is 0 Å². The number of carbonyl (C=O) groups excluding carboxylic acids is 1.